The number of primary amides is 1. The maximum absolute atomic E-state index is 13.8. The predicted octanol–water partition coefficient (Wildman–Crippen LogP) is 2.85. The molecule has 10 heteroatoms. The number of nitrogens with two attached hydrogens (primary N) is 1. The Morgan fingerprint density at radius 2 is 1.68 bits per heavy atom. The maximum atomic E-state index is 13.8. The first-order valence-electron chi connectivity index (χ1n) is 11.6. The van der Waals surface area contributed by atoms with Crippen molar-refractivity contribution in [2.75, 3.05) is 13.2 Å². The van der Waals surface area contributed by atoms with Crippen LogP contribution in [0.4, 0.5) is 8.78 Å². The summed E-state index contributed by atoms with van der Waals surface area (Å²) in [7, 11) is 0. The molecule has 3 rings (SSSR count). The average Bonchev–Trinajstić information content (AvgIpc) is 2.82. The fourth-order valence-electron chi connectivity index (χ4n) is 3.76. The first-order chi connectivity index (χ1) is 17.7. The zero-order valence-electron chi connectivity index (χ0n) is 19.9. The van der Waals surface area contributed by atoms with Crippen LogP contribution in [0, 0.1) is 15.2 Å². The molecule has 0 aromatic heterocycles. The highest BCUT2D eigenvalue weighted by molar-refractivity contribution is 14.1. The Kier molecular flexibility index (Phi) is 10.8. The van der Waals surface area contributed by atoms with Gasteiger partial charge < -0.3 is 26.2 Å². The minimum atomic E-state index is -1.04. The molecule has 0 aliphatic carbocycles. The molecular weight excluding hydrogens is 595 g/mol. The predicted molar refractivity (Wildman–Crippen MR) is 144 cm³/mol. The number of amides is 2. The minimum Gasteiger partial charge on any atom is -0.484 e. The second-order valence-corrected chi connectivity index (χ2v) is 9.81. The van der Waals surface area contributed by atoms with E-state index in [1.165, 1.54) is 12.1 Å². The third kappa shape index (κ3) is 10.1. The number of ether oxygens (including phenoxy) is 1. The summed E-state index contributed by atoms with van der Waals surface area (Å²) in [6.07, 6.45) is -1.05. The van der Waals surface area contributed by atoms with Crippen LogP contribution in [0.5, 0.6) is 5.75 Å². The summed E-state index contributed by atoms with van der Waals surface area (Å²) >= 11 is 2.22. The molecule has 0 aliphatic rings. The van der Waals surface area contributed by atoms with Crippen LogP contribution in [-0.4, -0.2) is 42.2 Å². The Hall–Kier alpha value is -3.09. The van der Waals surface area contributed by atoms with E-state index in [4.69, 9.17) is 10.5 Å². The van der Waals surface area contributed by atoms with Crippen molar-refractivity contribution in [2.24, 2.45) is 5.73 Å². The molecule has 5 N–H and O–H groups in total. The van der Waals surface area contributed by atoms with Crippen LogP contribution >= 0.6 is 22.6 Å². The molecule has 3 aromatic rings. The summed E-state index contributed by atoms with van der Waals surface area (Å²) in [5.74, 6) is -2.11. The van der Waals surface area contributed by atoms with Gasteiger partial charge in [-0.15, -0.1) is 0 Å². The van der Waals surface area contributed by atoms with Crippen LogP contribution in [0.2, 0.25) is 0 Å². The first kappa shape index (κ1) is 28.5. The summed E-state index contributed by atoms with van der Waals surface area (Å²) in [6.45, 7) is 0.356. The van der Waals surface area contributed by atoms with Gasteiger partial charge in [0.15, 0.2) is 6.61 Å². The first-order valence-corrected chi connectivity index (χ1v) is 12.6. The summed E-state index contributed by atoms with van der Waals surface area (Å²) in [5, 5.41) is 16.8. The van der Waals surface area contributed by atoms with Gasteiger partial charge in [-0.1, -0.05) is 24.3 Å². The molecule has 0 unspecified atom stereocenters. The number of hydrogen-bond donors (Lipinski definition) is 4. The zero-order chi connectivity index (χ0) is 26.8. The molecule has 0 aliphatic heterocycles. The van der Waals surface area contributed by atoms with Crippen LogP contribution in [0.3, 0.4) is 0 Å². The lowest BCUT2D eigenvalue weighted by Gasteiger charge is -2.25. The fourth-order valence-corrected chi connectivity index (χ4v) is 4.37. The molecule has 3 aromatic carbocycles. The van der Waals surface area contributed by atoms with Crippen LogP contribution in [0.1, 0.15) is 16.7 Å². The van der Waals surface area contributed by atoms with E-state index < -0.39 is 35.6 Å². The second-order valence-electron chi connectivity index (χ2n) is 8.56. The standard InChI is InChI=1S/C27H28F2IN3O4/c28-20-7-19(8-21(29)13-20)11-24(25(34)15-32-14-18-4-1-5-22(30)9-18)33-27(36)12-17-3-2-6-23(10-17)37-16-26(31)35/h1-10,13,24-25,32,34H,11-12,14-16H2,(H2,31,35)(H,33,36)/t24-,25-/m1/s1. The van der Waals surface area contributed by atoms with Gasteiger partial charge in [-0.2, -0.15) is 0 Å². The van der Waals surface area contributed by atoms with Crippen molar-refractivity contribution >= 4 is 34.4 Å². The molecule has 0 heterocycles. The largest absolute Gasteiger partial charge is 0.484 e. The Morgan fingerprint density at radius 3 is 2.38 bits per heavy atom. The lowest BCUT2D eigenvalue weighted by Crippen LogP contribution is -2.49. The average molecular weight is 623 g/mol. The number of hydrogen-bond acceptors (Lipinski definition) is 5. The van der Waals surface area contributed by atoms with Gasteiger partial charge in [-0.05, 0) is 82.1 Å². The van der Waals surface area contributed by atoms with E-state index in [2.05, 4.69) is 33.2 Å². The van der Waals surface area contributed by atoms with Crippen molar-refractivity contribution in [3.8, 4) is 5.75 Å². The van der Waals surface area contributed by atoms with Gasteiger partial charge in [0.25, 0.3) is 5.91 Å². The molecule has 2 amide bonds. The number of aliphatic hydroxyl groups excluding tert-OH is 1. The number of carbonyl (C=O) groups excluding carboxylic acids is 2. The van der Waals surface area contributed by atoms with Gasteiger partial charge in [-0.3, -0.25) is 9.59 Å². The maximum Gasteiger partial charge on any atom is 0.255 e. The molecule has 0 spiro atoms. The van der Waals surface area contributed by atoms with E-state index >= 15 is 0 Å². The summed E-state index contributed by atoms with van der Waals surface area (Å²) in [5.41, 5.74) is 7.05. The highest BCUT2D eigenvalue weighted by Gasteiger charge is 2.22. The van der Waals surface area contributed by atoms with Gasteiger partial charge in [0.1, 0.15) is 17.4 Å². The third-order valence-corrected chi connectivity index (χ3v) is 6.08. The number of nitrogens with one attached hydrogen (secondary N) is 2. The molecule has 0 bridgehead atoms. The van der Waals surface area contributed by atoms with E-state index in [0.29, 0.717) is 23.4 Å². The Morgan fingerprint density at radius 1 is 0.973 bits per heavy atom. The van der Waals surface area contributed by atoms with Gasteiger partial charge in [0.2, 0.25) is 5.91 Å². The smallest absolute Gasteiger partial charge is 0.255 e. The van der Waals surface area contributed by atoms with Gasteiger partial charge in [-0.25, -0.2) is 8.78 Å². The third-order valence-electron chi connectivity index (χ3n) is 5.40. The topological polar surface area (TPSA) is 114 Å². The van der Waals surface area contributed by atoms with Crippen molar-refractivity contribution in [1.29, 1.82) is 0 Å². The number of carbonyl (C=O) groups is 2. The molecule has 0 saturated carbocycles. The second kappa shape index (κ2) is 14.0. The minimum absolute atomic E-state index is 0.0221. The summed E-state index contributed by atoms with van der Waals surface area (Å²) in [4.78, 5) is 23.8. The fraction of sp³-hybridized carbons (Fsp3) is 0.259. The zero-order valence-corrected chi connectivity index (χ0v) is 22.1. The Labute approximate surface area is 227 Å². The lowest BCUT2D eigenvalue weighted by molar-refractivity contribution is -0.122. The van der Waals surface area contributed by atoms with Gasteiger partial charge in [0, 0.05) is 22.7 Å². The van der Waals surface area contributed by atoms with Crippen molar-refractivity contribution in [1.82, 2.24) is 10.6 Å². The monoisotopic (exact) mass is 623 g/mol. The van der Waals surface area contributed by atoms with Gasteiger partial charge >= 0.3 is 0 Å². The van der Waals surface area contributed by atoms with Crippen LogP contribution in [-0.2, 0) is 29.0 Å². The Bertz CT molecular complexity index is 1210. The lowest BCUT2D eigenvalue weighted by atomic mass is 10.00. The van der Waals surface area contributed by atoms with Crippen molar-refractivity contribution in [3.05, 3.63) is 98.6 Å². The van der Waals surface area contributed by atoms with Crippen molar-refractivity contribution in [3.63, 3.8) is 0 Å². The Balaban J connectivity index is 1.66. The molecule has 0 radical (unpaired) electrons. The van der Waals surface area contributed by atoms with E-state index in [9.17, 15) is 23.5 Å². The normalized spacial score (nSPS) is 12.5. The number of halogens is 3. The molecular formula is C27H28F2IN3O4. The van der Waals surface area contributed by atoms with Gasteiger partial charge in [0.05, 0.1) is 18.6 Å². The highest BCUT2D eigenvalue weighted by Crippen LogP contribution is 2.15. The van der Waals surface area contributed by atoms with E-state index in [1.807, 2.05) is 24.3 Å². The SMILES string of the molecule is NC(=O)COc1cccc(CC(=O)N[C@H](Cc2cc(F)cc(F)c2)[C@H](O)CNCc2cccc(I)c2)c1. The summed E-state index contributed by atoms with van der Waals surface area (Å²) in [6, 6.07) is 16.8. The van der Waals surface area contributed by atoms with E-state index in [0.717, 1.165) is 15.2 Å². The van der Waals surface area contributed by atoms with Crippen molar-refractivity contribution in [2.45, 2.75) is 31.5 Å². The molecule has 196 valence electrons. The van der Waals surface area contributed by atoms with E-state index in [-0.39, 0.29) is 26.0 Å². The quantitative estimate of drug-likeness (QED) is 0.219. The molecule has 0 saturated heterocycles. The van der Waals surface area contributed by atoms with Crippen LogP contribution in [0.15, 0.2) is 66.7 Å². The highest BCUT2D eigenvalue weighted by atomic mass is 127. The number of aliphatic hydroxyl groups is 1. The summed E-state index contributed by atoms with van der Waals surface area (Å²) < 4.78 is 33.9. The number of rotatable bonds is 13. The molecule has 2 atom stereocenters. The molecule has 37 heavy (non-hydrogen) atoms. The van der Waals surface area contributed by atoms with Crippen LogP contribution < -0.4 is 21.1 Å². The molecule has 0 fully saturated rings. The van der Waals surface area contributed by atoms with E-state index in [1.54, 1.807) is 24.3 Å². The van der Waals surface area contributed by atoms with Crippen molar-refractivity contribution < 1.29 is 28.2 Å². The molecule has 7 nitrogen and oxygen atoms in total. The number of benzene rings is 3. The van der Waals surface area contributed by atoms with Crippen LogP contribution in [0.25, 0.3) is 0 Å².